The molecule has 1 aromatic rings. The van der Waals surface area contributed by atoms with Crippen molar-refractivity contribution in [1.82, 2.24) is 0 Å². The van der Waals surface area contributed by atoms with Gasteiger partial charge in [-0.15, -0.1) is 0 Å². The van der Waals surface area contributed by atoms with E-state index in [1.165, 1.54) is 18.5 Å². The van der Waals surface area contributed by atoms with E-state index >= 15 is 0 Å². The number of nitrogens with two attached hydrogens (primary N) is 1. The van der Waals surface area contributed by atoms with E-state index in [0.29, 0.717) is 5.92 Å². The van der Waals surface area contributed by atoms with E-state index in [2.05, 4.69) is 23.1 Å². The van der Waals surface area contributed by atoms with Gasteiger partial charge in [-0.05, 0) is 49.8 Å². The summed E-state index contributed by atoms with van der Waals surface area (Å²) in [4.78, 5) is 2.41. The van der Waals surface area contributed by atoms with Gasteiger partial charge in [-0.1, -0.05) is 17.7 Å². The Morgan fingerprint density at radius 1 is 1.40 bits per heavy atom. The van der Waals surface area contributed by atoms with Gasteiger partial charge >= 0.3 is 0 Å². The number of benzene rings is 1. The van der Waals surface area contributed by atoms with Gasteiger partial charge in [0, 0.05) is 43.6 Å². The molecule has 20 heavy (non-hydrogen) atoms. The second kappa shape index (κ2) is 7.30. The Kier molecular flexibility index (Phi) is 5.70. The number of piperidine rings is 1. The molecule has 0 aliphatic carbocycles. The highest BCUT2D eigenvalue weighted by Gasteiger charge is 2.19. The van der Waals surface area contributed by atoms with Crippen LogP contribution in [0.4, 0.5) is 5.69 Å². The molecule has 0 amide bonds. The molecule has 1 heterocycles. The lowest BCUT2D eigenvalue weighted by Gasteiger charge is -2.33. The fourth-order valence-electron chi connectivity index (χ4n) is 2.84. The molecule has 1 unspecified atom stereocenters. The van der Waals surface area contributed by atoms with Crippen LogP contribution in [0.15, 0.2) is 18.2 Å². The quantitative estimate of drug-likeness (QED) is 0.907. The minimum absolute atomic E-state index is 0.142. The van der Waals surface area contributed by atoms with Gasteiger partial charge in [0.05, 0.1) is 0 Å². The van der Waals surface area contributed by atoms with Gasteiger partial charge in [0.2, 0.25) is 0 Å². The summed E-state index contributed by atoms with van der Waals surface area (Å²) in [6.45, 7) is 5.04. The maximum atomic E-state index is 6.37. The van der Waals surface area contributed by atoms with E-state index in [-0.39, 0.29) is 6.04 Å². The second-order valence-electron chi connectivity index (χ2n) is 5.84. The van der Waals surface area contributed by atoms with Crippen LogP contribution in [-0.2, 0) is 11.2 Å². The number of ether oxygens (including phenoxy) is 1. The first-order valence-corrected chi connectivity index (χ1v) is 7.76. The van der Waals surface area contributed by atoms with E-state index in [4.69, 9.17) is 22.1 Å². The summed E-state index contributed by atoms with van der Waals surface area (Å²) in [5.74, 6) is 0.698. The summed E-state index contributed by atoms with van der Waals surface area (Å²) < 4.78 is 5.24. The molecular formula is C16H25ClN2O. The van der Waals surface area contributed by atoms with Crippen LogP contribution < -0.4 is 10.6 Å². The van der Waals surface area contributed by atoms with Gasteiger partial charge in [-0.3, -0.25) is 0 Å². The molecule has 4 heteroatoms. The number of anilines is 1. The zero-order valence-corrected chi connectivity index (χ0v) is 13.2. The third-order valence-electron chi connectivity index (χ3n) is 3.96. The monoisotopic (exact) mass is 296 g/mol. The molecule has 1 aliphatic heterocycles. The molecule has 1 aromatic carbocycles. The van der Waals surface area contributed by atoms with Crippen LogP contribution in [0.1, 0.15) is 25.3 Å². The second-order valence-corrected chi connectivity index (χ2v) is 6.25. The van der Waals surface area contributed by atoms with Gasteiger partial charge in [0.25, 0.3) is 0 Å². The number of nitrogens with zero attached hydrogens (tertiary/aromatic N) is 1. The molecule has 0 aromatic heterocycles. The normalized spacial score (nSPS) is 18.3. The molecule has 0 bridgehead atoms. The van der Waals surface area contributed by atoms with E-state index in [0.717, 1.165) is 36.7 Å². The number of hydrogen-bond acceptors (Lipinski definition) is 3. The highest BCUT2D eigenvalue weighted by Crippen LogP contribution is 2.28. The van der Waals surface area contributed by atoms with E-state index in [9.17, 15) is 0 Å². The number of halogens is 1. The van der Waals surface area contributed by atoms with Crippen molar-refractivity contribution >= 4 is 17.3 Å². The smallest absolute Gasteiger partial charge is 0.0491 e. The van der Waals surface area contributed by atoms with Crippen LogP contribution >= 0.6 is 11.6 Å². The van der Waals surface area contributed by atoms with Crippen molar-refractivity contribution in [2.45, 2.75) is 32.2 Å². The average Bonchev–Trinajstić information content (AvgIpc) is 2.42. The standard InChI is InChI=1S/C16H25ClN2O/c1-12(18)9-14-3-4-15(10-16(14)17)19-7-5-13(6-8-19)11-20-2/h3-4,10,12-13H,5-9,11,18H2,1-2H3. The van der Waals surface area contributed by atoms with Crippen molar-refractivity contribution in [2.75, 3.05) is 31.7 Å². The van der Waals surface area contributed by atoms with Crippen molar-refractivity contribution < 1.29 is 4.74 Å². The Bertz CT molecular complexity index is 428. The number of hydrogen-bond donors (Lipinski definition) is 1. The Labute approximate surface area is 127 Å². The van der Waals surface area contributed by atoms with E-state index in [1.54, 1.807) is 7.11 Å². The van der Waals surface area contributed by atoms with Crippen LogP contribution in [0.3, 0.4) is 0 Å². The maximum Gasteiger partial charge on any atom is 0.0491 e. The Balaban J connectivity index is 1.98. The Morgan fingerprint density at radius 2 is 2.10 bits per heavy atom. The first-order chi connectivity index (χ1) is 9.60. The molecule has 1 atom stereocenters. The van der Waals surface area contributed by atoms with Crippen molar-refractivity contribution in [2.24, 2.45) is 11.7 Å². The third-order valence-corrected chi connectivity index (χ3v) is 4.31. The third kappa shape index (κ3) is 4.11. The lowest BCUT2D eigenvalue weighted by molar-refractivity contribution is 0.139. The molecule has 2 N–H and O–H groups in total. The fraction of sp³-hybridized carbons (Fsp3) is 0.625. The molecule has 3 nitrogen and oxygen atoms in total. The highest BCUT2D eigenvalue weighted by atomic mass is 35.5. The van der Waals surface area contributed by atoms with Crippen LogP contribution in [0.5, 0.6) is 0 Å². The predicted molar refractivity (Wildman–Crippen MR) is 85.6 cm³/mol. The van der Waals surface area contributed by atoms with E-state index in [1.807, 2.05) is 6.92 Å². The fourth-order valence-corrected chi connectivity index (χ4v) is 3.09. The van der Waals surface area contributed by atoms with Crippen molar-refractivity contribution in [1.29, 1.82) is 0 Å². The topological polar surface area (TPSA) is 38.5 Å². The molecule has 1 aliphatic rings. The molecule has 0 spiro atoms. The minimum Gasteiger partial charge on any atom is -0.384 e. The summed E-state index contributed by atoms with van der Waals surface area (Å²) in [6, 6.07) is 6.50. The largest absolute Gasteiger partial charge is 0.384 e. The lowest BCUT2D eigenvalue weighted by atomic mass is 9.97. The molecule has 0 saturated carbocycles. The zero-order valence-electron chi connectivity index (χ0n) is 12.4. The first-order valence-electron chi connectivity index (χ1n) is 7.38. The Morgan fingerprint density at radius 3 is 2.65 bits per heavy atom. The van der Waals surface area contributed by atoms with Crippen LogP contribution in [-0.4, -0.2) is 32.8 Å². The van der Waals surface area contributed by atoms with Crippen LogP contribution in [0.2, 0.25) is 5.02 Å². The van der Waals surface area contributed by atoms with Crippen LogP contribution in [0, 0.1) is 5.92 Å². The summed E-state index contributed by atoms with van der Waals surface area (Å²) >= 11 is 6.37. The van der Waals surface area contributed by atoms with Crippen molar-refractivity contribution in [3.8, 4) is 0 Å². The van der Waals surface area contributed by atoms with Crippen molar-refractivity contribution in [3.63, 3.8) is 0 Å². The first kappa shape index (κ1) is 15.6. The summed E-state index contributed by atoms with van der Waals surface area (Å²) in [7, 11) is 1.78. The number of rotatable bonds is 5. The molecule has 112 valence electrons. The van der Waals surface area contributed by atoms with Gasteiger partial charge in [-0.25, -0.2) is 0 Å². The predicted octanol–water partition coefficient (Wildman–Crippen LogP) is 3.09. The molecular weight excluding hydrogens is 272 g/mol. The molecule has 2 rings (SSSR count). The van der Waals surface area contributed by atoms with Gasteiger partial charge in [0.1, 0.15) is 0 Å². The summed E-state index contributed by atoms with van der Waals surface area (Å²) in [6.07, 6.45) is 3.20. The molecule has 1 saturated heterocycles. The highest BCUT2D eigenvalue weighted by molar-refractivity contribution is 6.31. The number of methoxy groups -OCH3 is 1. The van der Waals surface area contributed by atoms with Gasteiger partial charge < -0.3 is 15.4 Å². The Hall–Kier alpha value is -0.770. The molecule has 1 fully saturated rings. The lowest BCUT2D eigenvalue weighted by Crippen LogP contribution is -2.35. The summed E-state index contributed by atoms with van der Waals surface area (Å²) in [5.41, 5.74) is 8.20. The van der Waals surface area contributed by atoms with Gasteiger partial charge in [0.15, 0.2) is 0 Å². The summed E-state index contributed by atoms with van der Waals surface area (Å²) in [5, 5.41) is 0.832. The molecule has 0 radical (unpaired) electrons. The van der Waals surface area contributed by atoms with Crippen LogP contribution in [0.25, 0.3) is 0 Å². The average molecular weight is 297 g/mol. The maximum absolute atomic E-state index is 6.37. The SMILES string of the molecule is COCC1CCN(c2ccc(CC(C)N)c(Cl)c2)CC1. The van der Waals surface area contributed by atoms with E-state index < -0.39 is 0 Å². The zero-order chi connectivity index (χ0) is 14.5. The minimum atomic E-state index is 0.142. The van der Waals surface area contributed by atoms with Crippen molar-refractivity contribution in [3.05, 3.63) is 28.8 Å². The van der Waals surface area contributed by atoms with Gasteiger partial charge in [-0.2, -0.15) is 0 Å².